The van der Waals surface area contributed by atoms with Crippen LogP contribution in [0.5, 0.6) is 0 Å². The summed E-state index contributed by atoms with van der Waals surface area (Å²) in [5.74, 6) is 0.905. The molecule has 4 nitrogen and oxygen atoms in total. The zero-order valence-electron chi connectivity index (χ0n) is 11.4. The van der Waals surface area contributed by atoms with Crippen molar-refractivity contribution in [3.05, 3.63) is 0 Å². The number of nitrogens with zero attached hydrogens (tertiary/aromatic N) is 1. The van der Waals surface area contributed by atoms with Crippen LogP contribution in [0.4, 0.5) is 0 Å². The van der Waals surface area contributed by atoms with Crippen LogP contribution in [0.25, 0.3) is 0 Å². The molecule has 2 N–H and O–H groups in total. The van der Waals surface area contributed by atoms with E-state index < -0.39 is 0 Å². The van der Waals surface area contributed by atoms with E-state index in [9.17, 15) is 4.79 Å². The van der Waals surface area contributed by atoms with E-state index in [4.69, 9.17) is 10.5 Å². The van der Waals surface area contributed by atoms with Crippen molar-refractivity contribution >= 4 is 5.91 Å². The van der Waals surface area contributed by atoms with E-state index in [0.717, 1.165) is 58.0 Å². The molecule has 0 atom stereocenters. The summed E-state index contributed by atoms with van der Waals surface area (Å²) in [6.07, 6.45) is 7.47. The summed E-state index contributed by atoms with van der Waals surface area (Å²) in [6, 6.07) is 0.369. The van der Waals surface area contributed by atoms with Crippen LogP contribution in [0.15, 0.2) is 0 Å². The largest absolute Gasteiger partial charge is 0.381 e. The molecule has 0 radical (unpaired) electrons. The van der Waals surface area contributed by atoms with Crippen molar-refractivity contribution in [3.63, 3.8) is 0 Å². The van der Waals surface area contributed by atoms with Gasteiger partial charge in [-0.15, -0.1) is 0 Å². The molecule has 1 amide bonds. The maximum Gasteiger partial charge on any atom is 0.222 e. The molecule has 0 bridgehead atoms. The molecule has 1 saturated carbocycles. The molecule has 0 unspecified atom stereocenters. The van der Waals surface area contributed by atoms with Gasteiger partial charge in [0.15, 0.2) is 0 Å². The smallest absolute Gasteiger partial charge is 0.222 e. The number of carbonyl (C=O) groups is 1. The molecule has 1 aliphatic carbocycles. The first-order valence-corrected chi connectivity index (χ1v) is 7.25. The number of hydrogen-bond donors (Lipinski definition) is 1. The van der Waals surface area contributed by atoms with E-state index in [1.54, 1.807) is 7.11 Å². The Kier molecular flexibility index (Phi) is 5.01. The topological polar surface area (TPSA) is 55.6 Å². The molecular formula is C14H26N2O2. The maximum atomic E-state index is 12.2. The Hall–Kier alpha value is -0.610. The summed E-state index contributed by atoms with van der Waals surface area (Å²) < 4.78 is 5.33. The van der Waals surface area contributed by atoms with E-state index in [2.05, 4.69) is 0 Å². The SMILES string of the molecule is COC1CCN(C(=O)CC2CCC(N)CC2)CC1. The fourth-order valence-electron chi connectivity index (χ4n) is 3.11. The lowest BCUT2D eigenvalue weighted by molar-refractivity contribution is -0.134. The van der Waals surface area contributed by atoms with E-state index in [0.29, 0.717) is 24.0 Å². The summed E-state index contributed by atoms with van der Waals surface area (Å²) in [5.41, 5.74) is 5.89. The van der Waals surface area contributed by atoms with E-state index >= 15 is 0 Å². The molecule has 0 aromatic carbocycles. The monoisotopic (exact) mass is 254 g/mol. The van der Waals surface area contributed by atoms with Gasteiger partial charge < -0.3 is 15.4 Å². The molecule has 2 aliphatic rings. The molecule has 0 spiro atoms. The highest BCUT2D eigenvalue weighted by molar-refractivity contribution is 5.76. The lowest BCUT2D eigenvalue weighted by Crippen LogP contribution is -2.41. The number of piperidine rings is 1. The van der Waals surface area contributed by atoms with Crippen molar-refractivity contribution in [3.8, 4) is 0 Å². The zero-order valence-corrected chi connectivity index (χ0v) is 11.4. The summed E-state index contributed by atoms with van der Waals surface area (Å²) >= 11 is 0. The quantitative estimate of drug-likeness (QED) is 0.831. The molecule has 18 heavy (non-hydrogen) atoms. The first-order chi connectivity index (χ1) is 8.69. The van der Waals surface area contributed by atoms with Gasteiger partial charge in [-0.3, -0.25) is 4.79 Å². The predicted octanol–water partition coefficient (Wildman–Crippen LogP) is 1.53. The number of methoxy groups -OCH3 is 1. The number of amides is 1. The fourth-order valence-corrected chi connectivity index (χ4v) is 3.11. The van der Waals surface area contributed by atoms with Crippen LogP contribution in [0.2, 0.25) is 0 Å². The summed E-state index contributed by atoms with van der Waals surface area (Å²) in [4.78, 5) is 14.2. The van der Waals surface area contributed by atoms with Gasteiger partial charge >= 0.3 is 0 Å². The van der Waals surface area contributed by atoms with E-state index in [1.807, 2.05) is 4.90 Å². The van der Waals surface area contributed by atoms with E-state index in [1.165, 1.54) is 0 Å². The molecule has 0 aromatic rings. The first kappa shape index (κ1) is 13.8. The minimum absolute atomic E-state index is 0.338. The maximum absolute atomic E-state index is 12.2. The second kappa shape index (κ2) is 6.53. The number of ether oxygens (including phenoxy) is 1. The van der Waals surface area contributed by atoms with Gasteiger partial charge in [0.1, 0.15) is 0 Å². The molecule has 1 heterocycles. The van der Waals surface area contributed by atoms with Gasteiger partial charge in [-0.2, -0.15) is 0 Å². The van der Waals surface area contributed by atoms with E-state index in [-0.39, 0.29) is 0 Å². The third-order valence-corrected chi connectivity index (χ3v) is 4.48. The molecule has 104 valence electrons. The second-order valence-corrected chi connectivity index (χ2v) is 5.80. The number of hydrogen-bond acceptors (Lipinski definition) is 3. The highest BCUT2D eigenvalue weighted by Crippen LogP contribution is 2.27. The number of carbonyl (C=O) groups excluding carboxylic acids is 1. The van der Waals surface area contributed by atoms with Crippen molar-refractivity contribution in [1.82, 2.24) is 4.90 Å². The molecular weight excluding hydrogens is 228 g/mol. The van der Waals surface area contributed by atoms with Gasteiger partial charge in [0.05, 0.1) is 6.10 Å². The lowest BCUT2D eigenvalue weighted by Gasteiger charge is -2.33. The first-order valence-electron chi connectivity index (χ1n) is 7.25. The van der Waals surface area contributed by atoms with Crippen LogP contribution in [0.1, 0.15) is 44.9 Å². The van der Waals surface area contributed by atoms with Gasteiger partial charge in [-0.1, -0.05) is 0 Å². The Morgan fingerprint density at radius 1 is 1.17 bits per heavy atom. The van der Waals surface area contributed by atoms with Crippen molar-refractivity contribution in [1.29, 1.82) is 0 Å². The zero-order chi connectivity index (χ0) is 13.0. The second-order valence-electron chi connectivity index (χ2n) is 5.80. The molecule has 2 fully saturated rings. The molecule has 1 aliphatic heterocycles. The van der Waals surface area contributed by atoms with Crippen molar-refractivity contribution in [2.45, 2.75) is 57.1 Å². The summed E-state index contributed by atoms with van der Waals surface area (Å²) in [5, 5.41) is 0. The third kappa shape index (κ3) is 3.69. The van der Waals surface area contributed by atoms with Crippen molar-refractivity contribution < 1.29 is 9.53 Å². The molecule has 0 aromatic heterocycles. The lowest BCUT2D eigenvalue weighted by atomic mass is 9.84. The van der Waals surface area contributed by atoms with Crippen LogP contribution >= 0.6 is 0 Å². The van der Waals surface area contributed by atoms with Crippen LogP contribution < -0.4 is 5.73 Å². The van der Waals surface area contributed by atoms with Gasteiger partial charge in [-0.25, -0.2) is 0 Å². The van der Waals surface area contributed by atoms with Gasteiger partial charge in [0.25, 0.3) is 0 Å². The third-order valence-electron chi connectivity index (χ3n) is 4.48. The summed E-state index contributed by atoms with van der Waals surface area (Å²) in [6.45, 7) is 1.73. The predicted molar refractivity (Wildman–Crippen MR) is 71.2 cm³/mol. The molecule has 1 saturated heterocycles. The van der Waals surface area contributed by atoms with Crippen molar-refractivity contribution in [2.75, 3.05) is 20.2 Å². The van der Waals surface area contributed by atoms with Crippen molar-refractivity contribution in [2.24, 2.45) is 11.7 Å². The Labute approximate surface area is 110 Å². The van der Waals surface area contributed by atoms with Crippen LogP contribution in [-0.2, 0) is 9.53 Å². The van der Waals surface area contributed by atoms with Crippen LogP contribution in [0.3, 0.4) is 0 Å². The normalized spacial score (nSPS) is 30.4. The van der Waals surface area contributed by atoms with Crippen LogP contribution in [0, 0.1) is 5.92 Å². The van der Waals surface area contributed by atoms with Crippen LogP contribution in [-0.4, -0.2) is 43.2 Å². The van der Waals surface area contributed by atoms with Gasteiger partial charge in [-0.05, 0) is 44.4 Å². The minimum Gasteiger partial charge on any atom is -0.381 e. The molecule has 4 heteroatoms. The molecule has 2 rings (SSSR count). The number of nitrogens with two attached hydrogens (primary N) is 1. The minimum atomic E-state index is 0.338. The van der Waals surface area contributed by atoms with Gasteiger partial charge in [0, 0.05) is 32.7 Å². The average Bonchev–Trinajstić information content (AvgIpc) is 2.41. The number of likely N-dealkylation sites (tertiary alicyclic amines) is 1. The average molecular weight is 254 g/mol. The fraction of sp³-hybridized carbons (Fsp3) is 0.929. The standard InChI is InChI=1S/C14H26N2O2/c1-18-13-6-8-16(9-7-13)14(17)10-11-2-4-12(15)5-3-11/h11-13H,2-10,15H2,1H3. The highest BCUT2D eigenvalue weighted by Gasteiger charge is 2.26. The Morgan fingerprint density at radius 2 is 1.78 bits per heavy atom. The van der Waals surface area contributed by atoms with Gasteiger partial charge in [0.2, 0.25) is 5.91 Å². The Bertz CT molecular complexity index is 267. The Balaban J connectivity index is 1.72. The Morgan fingerprint density at radius 3 is 2.33 bits per heavy atom. The number of rotatable bonds is 3. The highest BCUT2D eigenvalue weighted by atomic mass is 16.5. The summed E-state index contributed by atoms with van der Waals surface area (Å²) in [7, 11) is 1.76.